The van der Waals surface area contributed by atoms with Crippen LogP contribution in [0.2, 0.25) is 0 Å². The number of barbiturate groups is 1. The summed E-state index contributed by atoms with van der Waals surface area (Å²) >= 11 is 3.37. The minimum atomic E-state index is -0.773. The topological polar surface area (TPSA) is 75.7 Å². The van der Waals surface area contributed by atoms with E-state index in [1.165, 1.54) is 6.08 Å². The predicted molar refractivity (Wildman–Crippen MR) is 105 cm³/mol. The molecule has 0 aliphatic carbocycles. The number of halogens is 1. The largest absolute Gasteiger partial charge is 0.493 e. The Balaban J connectivity index is 2.04. The van der Waals surface area contributed by atoms with Crippen molar-refractivity contribution in [3.8, 4) is 5.75 Å². The van der Waals surface area contributed by atoms with Crippen molar-refractivity contribution in [2.75, 3.05) is 11.5 Å². The Morgan fingerprint density at radius 3 is 2.48 bits per heavy atom. The van der Waals surface area contributed by atoms with Gasteiger partial charge in [0.1, 0.15) is 11.3 Å². The van der Waals surface area contributed by atoms with Crippen molar-refractivity contribution < 1.29 is 19.1 Å². The molecule has 1 N–H and O–H groups in total. The standard InChI is InChI=1S/C20H17BrN2O4/c1-3-27-17-9-6-14(21)10-13(17)11-16-18(24)22-20(26)23(19(16)25)15-7-4-12(2)5-8-15/h4-11H,3H2,1-2H3,(H,22,24,26). The van der Waals surface area contributed by atoms with E-state index in [2.05, 4.69) is 21.2 Å². The molecule has 0 radical (unpaired) electrons. The van der Waals surface area contributed by atoms with Crippen LogP contribution in [0.5, 0.6) is 5.75 Å². The third kappa shape index (κ3) is 3.93. The average Bonchev–Trinajstić information content (AvgIpc) is 2.62. The molecular weight excluding hydrogens is 412 g/mol. The number of carbonyl (C=O) groups excluding carboxylic acids is 3. The van der Waals surface area contributed by atoms with Crippen LogP contribution < -0.4 is 15.0 Å². The second-order valence-corrected chi connectivity index (χ2v) is 6.82. The molecule has 1 fully saturated rings. The zero-order valence-corrected chi connectivity index (χ0v) is 16.4. The Morgan fingerprint density at radius 1 is 1.11 bits per heavy atom. The number of benzene rings is 2. The van der Waals surface area contributed by atoms with Crippen LogP contribution in [0.1, 0.15) is 18.1 Å². The highest BCUT2D eigenvalue weighted by Crippen LogP contribution is 2.28. The second-order valence-electron chi connectivity index (χ2n) is 5.91. The fourth-order valence-corrected chi connectivity index (χ4v) is 3.04. The molecule has 1 heterocycles. The van der Waals surface area contributed by atoms with Gasteiger partial charge in [0, 0.05) is 10.0 Å². The Bertz CT molecular complexity index is 951. The van der Waals surface area contributed by atoms with Gasteiger partial charge in [-0.1, -0.05) is 33.6 Å². The number of aryl methyl sites for hydroxylation is 1. The van der Waals surface area contributed by atoms with Gasteiger partial charge in [0.15, 0.2) is 0 Å². The van der Waals surface area contributed by atoms with Crippen LogP contribution >= 0.6 is 15.9 Å². The summed E-state index contributed by atoms with van der Waals surface area (Å²) in [7, 11) is 0. The number of imide groups is 2. The third-order valence-electron chi connectivity index (χ3n) is 3.97. The highest BCUT2D eigenvalue weighted by molar-refractivity contribution is 9.10. The Hall–Kier alpha value is -2.93. The molecule has 0 aromatic heterocycles. The number of nitrogens with zero attached hydrogens (tertiary/aromatic N) is 1. The molecular formula is C20H17BrN2O4. The lowest BCUT2D eigenvalue weighted by Gasteiger charge is -2.26. The Morgan fingerprint density at radius 2 is 1.81 bits per heavy atom. The van der Waals surface area contributed by atoms with Crippen molar-refractivity contribution in [1.82, 2.24) is 5.32 Å². The van der Waals surface area contributed by atoms with E-state index < -0.39 is 17.8 Å². The van der Waals surface area contributed by atoms with E-state index in [0.717, 1.165) is 14.9 Å². The summed E-state index contributed by atoms with van der Waals surface area (Å²) in [5.74, 6) is -0.890. The maximum Gasteiger partial charge on any atom is 0.335 e. The lowest BCUT2D eigenvalue weighted by molar-refractivity contribution is -0.122. The zero-order valence-electron chi connectivity index (χ0n) is 14.8. The Labute approximate surface area is 164 Å². The van der Waals surface area contributed by atoms with Crippen molar-refractivity contribution in [3.63, 3.8) is 0 Å². The summed E-state index contributed by atoms with van der Waals surface area (Å²) in [6, 6.07) is 11.4. The first kappa shape index (κ1) is 18.8. The SMILES string of the molecule is CCOc1ccc(Br)cc1C=C1C(=O)NC(=O)N(c2ccc(C)cc2)C1=O. The van der Waals surface area contributed by atoms with Gasteiger partial charge in [-0.3, -0.25) is 14.9 Å². The number of ether oxygens (including phenoxy) is 1. The number of urea groups is 1. The van der Waals surface area contributed by atoms with Gasteiger partial charge in [0.25, 0.3) is 11.8 Å². The van der Waals surface area contributed by atoms with E-state index in [9.17, 15) is 14.4 Å². The van der Waals surface area contributed by atoms with E-state index in [0.29, 0.717) is 23.6 Å². The van der Waals surface area contributed by atoms with Gasteiger partial charge in [-0.15, -0.1) is 0 Å². The molecule has 2 aromatic rings. The first-order valence-electron chi connectivity index (χ1n) is 8.31. The second kappa shape index (κ2) is 7.75. The number of amides is 4. The molecule has 2 aromatic carbocycles. The van der Waals surface area contributed by atoms with Crippen LogP contribution in [0.25, 0.3) is 6.08 Å². The van der Waals surface area contributed by atoms with Gasteiger partial charge in [-0.2, -0.15) is 0 Å². The summed E-state index contributed by atoms with van der Waals surface area (Å²) in [6.45, 7) is 4.18. The number of hydrogen-bond donors (Lipinski definition) is 1. The number of hydrogen-bond acceptors (Lipinski definition) is 4. The van der Waals surface area contributed by atoms with E-state index in [1.807, 2.05) is 13.8 Å². The van der Waals surface area contributed by atoms with E-state index in [-0.39, 0.29) is 5.57 Å². The highest BCUT2D eigenvalue weighted by Gasteiger charge is 2.36. The molecule has 1 saturated heterocycles. The van der Waals surface area contributed by atoms with Crippen molar-refractivity contribution in [2.24, 2.45) is 0 Å². The molecule has 1 aliphatic rings. The van der Waals surface area contributed by atoms with Gasteiger partial charge in [0.2, 0.25) is 0 Å². The molecule has 138 valence electrons. The maximum absolute atomic E-state index is 12.9. The molecule has 0 unspecified atom stereocenters. The van der Waals surface area contributed by atoms with Gasteiger partial charge in [-0.25, -0.2) is 9.69 Å². The number of anilines is 1. The average molecular weight is 429 g/mol. The van der Waals surface area contributed by atoms with E-state index >= 15 is 0 Å². The van der Waals surface area contributed by atoms with Gasteiger partial charge in [-0.05, 0) is 50.3 Å². The van der Waals surface area contributed by atoms with Crippen LogP contribution in [-0.4, -0.2) is 24.5 Å². The van der Waals surface area contributed by atoms with Crippen molar-refractivity contribution in [2.45, 2.75) is 13.8 Å². The monoisotopic (exact) mass is 428 g/mol. The van der Waals surface area contributed by atoms with Crippen molar-refractivity contribution >= 4 is 45.5 Å². The van der Waals surface area contributed by atoms with Crippen LogP contribution in [0.4, 0.5) is 10.5 Å². The Kier molecular flexibility index (Phi) is 5.41. The van der Waals surface area contributed by atoms with Gasteiger partial charge >= 0.3 is 6.03 Å². The van der Waals surface area contributed by atoms with E-state index in [1.54, 1.807) is 42.5 Å². The van der Waals surface area contributed by atoms with Gasteiger partial charge in [0.05, 0.1) is 12.3 Å². The molecule has 6 nitrogen and oxygen atoms in total. The minimum absolute atomic E-state index is 0.144. The van der Waals surface area contributed by atoms with Gasteiger partial charge < -0.3 is 4.74 Å². The first-order chi connectivity index (χ1) is 12.9. The maximum atomic E-state index is 12.9. The molecule has 0 bridgehead atoms. The third-order valence-corrected chi connectivity index (χ3v) is 4.46. The lowest BCUT2D eigenvalue weighted by Crippen LogP contribution is -2.54. The molecule has 1 aliphatic heterocycles. The summed E-state index contributed by atoms with van der Waals surface area (Å²) in [4.78, 5) is 38.4. The molecule has 7 heteroatoms. The fraction of sp³-hybridized carbons (Fsp3) is 0.150. The molecule has 27 heavy (non-hydrogen) atoms. The lowest BCUT2D eigenvalue weighted by atomic mass is 10.1. The quantitative estimate of drug-likeness (QED) is 0.592. The molecule has 4 amide bonds. The molecule has 0 atom stereocenters. The summed E-state index contributed by atoms with van der Waals surface area (Å²) in [5.41, 5.74) is 1.80. The predicted octanol–water partition coefficient (Wildman–Crippen LogP) is 3.82. The molecule has 0 spiro atoms. The van der Waals surface area contributed by atoms with E-state index in [4.69, 9.17) is 4.74 Å². The number of rotatable bonds is 4. The van der Waals surface area contributed by atoms with Crippen LogP contribution in [-0.2, 0) is 9.59 Å². The normalized spacial score (nSPS) is 15.9. The zero-order chi connectivity index (χ0) is 19.6. The van der Waals surface area contributed by atoms with Crippen LogP contribution in [0, 0.1) is 6.92 Å². The molecule has 3 rings (SSSR count). The minimum Gasteiger partial charge on any atom is -0.493 e. The molecule has 0 saturated carbocycles. The fourth-order valence-electron chi connectivity index (χ4n) is 2.66. The van der Waals surface area contributed by atoms with Crippen molar-refractivity contribution in [3.05, 3.63) is 63.6 Å². The number of nitrogens with one attached hydrogen (secondary N) is 1. The summed E-state index contributed by atoms with van der Waals surface area (Å²) < 4.78 is 6.33. The smallest absolute Gasteiger partial charge is 0.335 e. The summed E-state index contributed by atoms with van der Waals surface area (Å²) in [5, 5.41) is 2.22. The number of carbonyl (C=O) groups is 3. The van der Waals surface area contributed by atoms with Crippen LogP contribution in [0.3, 0.4) is 0 Å². The van der Waals surface area contributed by atoms with Crippen LogP contribution in [0.15, 0.2) is 52.5 Å². The van der Waals surface area contributed by atoms with Crippen molar-refractivity contribution in [1.29, 1.82) is 0 Å². The first-order valence-corrected chi connectivity index (χ1v) is 9.10. The highest BCUT2D eigenvalue weighted by atomic mass is 79.9. The summed E-state index contributed by atoms with van der Waals surface area (Å²) in [6.07, 6.45) is 1.43.